The van der Waals surface area contributed by atoms with Crippen LogP contribution in [-0.4, -0.2) is 95.2 Å². The minimum absolute atomic E-state index is 0.0681. The molecular weight excluding hydrogens is 1230 g/mol. The van der Waals surface area contributed by atoms with Gasteiger partial charge in [0.05, 0.1) is 41.1 Å². The Morgan fingerprint density at radius 3 is 1.03 bits per heavy atom. The Bertz CT molecular complexity index is 4060. The number of aromatic amines is 2. The molecule has 0 saturated heterocycles. The highest BCUT2D eigenvalue weighted by Gasteiger charge is 2.26. The van der Waals surface area contributed by atoms with Crippen LogP contribution in [0.2, 0.25) is 0 Å². The molecule has 530 valence electrons. The topological polar surface area (TPSA) is 104 Å². The molecule has 0 amide bonds. The molecule has 11 nitrogen and oxygen atoms in total. The highest BCUT2D eigenvalue weighted by Crippen LogP contribution is 2.45. The van der Waals surface area contributed by atoms with E-state index in [-0.39, 0.29) is 18.3 Å². The second-order valence-corrected chi connectivity index (χ2v) is 28.7. The van der Waals surface area contributed by atoms with Gasteiger partial charge < -0.3 is 43.6 Å². The van der Waals surface area contributed by atoms with Crippen LogP contribution in [0.4, 0.5) is 0 Å². The monoisotopic (exact) mass is 1350 g/mol. The molecule has 5 heterocycles. The van der Waals surface area contributed by atoms with Gasteiger partial charge in [-0.05, 0) is 202 Å². The van der Waals surface area contributed by atoms with Gasteiger partial charge >= 0.3 is 0 Å². The molecule has 8 aromatic rings. The summed E-state index contributed by atoms with van der Waals surface area (Å²) in [7, 11) is 12.7. The van der Waals surface area contributed by atoms with Gasteiger partial charge in [0.1, 0.15) is 28.7 Å². The zero-order valence-corrected chi connectivity index (χ0v) is 62.6. The Balaban J connectivity index is 1.26. The number of benzene rings is 5. The van der Waals surface area contributed by atoms with Gasteiger partial charge in [-0.3, -0.25) is 0 Å². The van der Waals surface area contributed by atoms with E-state index in [2.05, 4.69) is 266 Å². The maximum Gasteiger partial charge on any atom is 0.136 e. The molecule has 2 aliphatic heterocycles. The fraction of sp³-hybridized carbons (Fsp3) is 0.438. The number of nitrogens with zero attached hydrogens (tertiary/aromatic N) is 5. The number of H-pyrrole nitrogens is 2. The van der Waals surface area contributed by atoms with Crippen molar-refractivity contribution in [2.75, 3.05) is 42.3 Å². The van der Waals surface area contributed by atoms with Crippen molar-refractivity contribution in [3.8, 4) is 73.3 Å². The van der Waals surface area contributed by atoms with Gasteiger partial charge in [-0.2, -0.15) is 0 Å². The molecule has 100 heavy (non-hydrogen) atoms. The van der Waals surface area contributed by atoms with E-state index in [1.807, 2.05) is 0 Å². The first kappa shape index (κ1) is 74.5. The Morgan fingerprint density at radius 2 is 0.690 bits per heavy atom. The smallest absolute Gasteiger partial charge is 0.136 e. The average molecular weight is 1350 g/mol. The number of aromatic nitrogens is 4. The average Bonchev–Trinajstić information content (AvgIpc) is 1.59. The fourth-order valence-electron chi connectivity index (χ4n) is 14.5. The summed E-state index contributed by atoms with van der Waals surface area (Å²) >= 11 is 0. The number of ether oxygens (including phenoxy) is 4. The molecule has 10 rings (SSSR count). The number of hydrogen-bond donors (Lipinski definition) is 2. The molecule has 3 unspecified atom stereocenters. The van der Waals surface area contributed by atoms with Crippen LogP contribution < -0.4 is 18.9 Å². The maximum atomic E-state index is 7.30. The summed E-state index contributed by atoms with van der Waals surface area (Å²) in [5.74, 6) is 4.20. The third-order valence-corrected chi connectivity index (χ3v) is 19.2. The Morgan fingerprint density at radius 1 is 0.350 bits per heavy atom. The van der Waals surface area contributed by atoms with Gasteiger partial charge in [0, 0.05) is 91.8 Å². The Labute approximate surface area is 599 Å². The van der Waals surface area contributed by atoms with E-state index in [1.165, 1.54) is 63.4 Å². The second-order valence-electron chi connectivity index (χ2n) is 28.7. The van der Waals surface area contributed by atoms with E-state index in [0.29, 0.717) is 0 Å². The number of nitrogens with one attached hydrogen (secondary N) is 2. The largest absolute Gasteiger partial charge is 0.490 e. The Hall–Kier alpha value is -8.22. The number of rotatable bonds is 39. The summed E-state index contributed by atoms with van der Waals surface area (Å²) in [4.78, 5) is 26.5. The van der Waals surface area contributed by atoms with Crippen molar-refractivity contribution in [3.05, 3.63) is 173 Å². The lowest BCUT2D eigenvalue weighted by Gasteiger charge is -2.22. The van der Waals surface area contributed by atoms with E-state index in [9.17, 15) is 0 Å². The van der Waals surface area contributed by atoms with Crippen molar-refractivity contribution in [3.63, 3.8) is 0 Å². The maximum absolute atomic E-state index is 7.30. The molecule has 2 N–H and O–H groups in total. The summed E-state index contributed by atoms with van der Waals surface area (Å²) in [5, 5.41) is 0. The van der Waals surface area contributed by atoms with E-state index in [0.717, 1.165) is 226 Å². The molecule has 0 spiro atoms. The quantitative estimate of drug-likeness (QED) is 0.0365. The van der Waals surface area contributed by atoms with Crippen molar-refractivity contribution in [2.24, 2.45) is 0 Å². The zero-order valence-electron chi connectivity index (χ0n) is 62.6. The van der Waals surface area contributed by atoms with Crippen molar-refractivity contribution < 1.29 is 18.9 Å². The lowest BCUT2D eigenvalue weighted by Crippen LogP contribution is -2.17. The van der Waals surface area contributed by atoms with Crippen LogP contribution in [0.5, 0.6) is 28.7 Å². The molecule has 5 aromatic carbocycles. The highest BCUT2D eigenvalue weighted by molar-refractivity contribution is 6.01. The molecule has 0 radical (unpaired) electrons. The molecule has 2 aliphatic rings. The zero-order chi connectivity index (χ0) is 70.3. The lowest BCUT2D eigenvalue weighted by molar-refractivity contribution is 0.176. The van der Waals surface area contributed by atoms with Gasteiger partial charge in [-0.15, -0.1) is 0 Å². The SMILES string of the molecule is CCCCCCC(CCC)Oc1ccccc1-c1c2nc(c(-c3ccccc3OC(CCC)CCCCCC)c3ccc([nH]3)c(-c3ccccc3OC(CCC)CCCCCC)c3nc(c(-c4ccc(Oc5c(CN(C)C)cc(CN(C)C)cc5CN(C)C)cc4)c4ccc1[nH]4)C=C3)C=C2. The van der Waals surface area contributed by atoms with Gasteiger partial charge in [0.15, 0.2) is 0 Å². The summed E-state index contributed by atoms with van der Waals surface area (Å²) in [6.07, 6.45) is 32.3. The van der Waals surface area contributed by atoms with E-state index in [1.54, 1.807) is 0 Å². The molecule has 3 atom stereocenters. The van der Waals surface area contributed by atoms with Crippen LogP contribution in [0.1, 0.15) is 216 Å². The van der Waals surface area contributed by atoms with Crippen LogP contribution in [-0.2, 0) is 19.6 Å². The number of fused-ring (bicyclic) bond motifs is 8. The van der Waals surface area contributed by atoms with E-state index >= 15 is 0 Å². The van der Waals surface area contributed by atoms with E-state index in [4.69, 9.17) is 28.9 Å². The highest BCUT2D eigenvalue weighted by atomic mass is 16.5. The fourth-order valence-corrected chi connectivity index (χ4v) is 14.5. The first-order valence-corrected chi connectivity index (χ1v) is 38.1. The third kappa shape index (κ3) is 19.6. The number of hydrogen-bond acceptors (Lipinski definition) is 9. The first-order valence-electron chi connectivity index (χ1n) is 38.1. The van der Waals surface area contributed by atoms with Crippen LogP contribution in [0.15, 0.2) is 133 Å². The van der Waals surface area contributed by atoms with Crippen molar-refractivity contribution in [2.45, 2.75) is 214 Å². The van der Waals surface area contributed by atoms with E-state index < -0.39 is 0 Å². The third-order valence-electron chi connectivity index (χ3n) is 19.2. The van der Waals surface area contributed by atoms with Crippen molar-refractivity contribution in [1.82, 2.24) is 34.6 Å². The van der Waals surface area contributed by atoms with Crippen molar-refractivity contribution >= 4 is 46.4 Å². The normalized spacial score (nSPS) is 13.0. The summed E-state index contributed by atoms with van der Waals surface area (Å²) < 4.78 is 29.0. The molecule has 8 bridgehead atoms. The number of unbranched alkanes of at least 4 members (excludes halogenated alkanes) is 9. The Kier molecular flexibility index (Phi) is 27.9. The van der Waals surface area contributed by atoms with Crippen LogP contribution in [0, 0.1) is 0 Å². The lowest BCUT2D eigenvalue weighted by atomic mass is 10.0. The standard InChI is InChI=1S/C89H115N7O4/c1-13-19-22-25-37-67(34-16-4)97-82-43-31-28-40-71(82)86-76-52-50-74(90-76)85(64-46-48-70(49-47-64)100-89-65(61-95(9)10)58-63(60-94(7)8)59-66(89)62-96(11)12)75-51-53-77(91-75)87(72-41-29-32-44-83(72)98-68(35-17-5)38-26-23-20-14-2)79-55-57-81(93-79)88(80-56-54-78(86)92-80)73-42-30-33-45-84(73)99-69(36-18-6)39-27-24-21-15-3/h28-33,40-59,67-69,90,93H,13-27,34-39,60-62H2,1-12H3. The predicted octanol–water partition coefficient (Wildman–Crippen LogP) is 23.9. The minimum Gasteiger partial charge on any atom is -0.490 e. The van der Waals surface area contributed by atoms with Crippen LogP contribution in [0.25, 0.3) is 90.9 Å². The molecular formula is C89H115N7O4. The summed E-state index contributed by atoms with van der Waals surface area (Å²) in [6, 6.07) is 48.0. The minimum atomic E-state index is 0.0681. The van der Waals surface area contributed by atoms with Crippen molar-refractivity contribution in [1.29, 1.82) is 0 Å². The van der Waals surface area contributed by atoms with Gasteiger partial charge in [0.25, 0.3) is 0 Å². The van der Waals surface area contributed by atoms with Crippen LogP contribution >= 0.6 is 0 Å². The summed E-state index contributed by atoms with van der Waals surface area (Å²) in [5.41, 5.74) is 18.2. The van der Waals surface area contributed by atoms with Crippen LogP contribution in [0.3, 0.4) is 0 Å². The summed E-state index contributed by atoms with van der Waals surface area (Å²) in [6.45, 7) is 16.0. The molecule has 3 aromatic heterocycles. The molecule has 0 aliphatic carbocycles. The number of para-hydroxylation sites is 3. The molecule has 0 saturated carbocycles. The second kappa shape index (κ2) is 37.5. The van der Waals surface area contributed by atoms with Gasteiger partial charge in [-0.25, -0.2) is 9.97 Å². The molecule has 11 heteroatoms. The first-order chi connectivity index (χ1) is 48.8. The predicted molar refractivity (Wildman–Crippen MR) is 424 cm³/mol. The molecule has 0 fully saturated rings. The van der Waals surface area contributed by atoms with Gasteiger partial charge in [-0.1, -0.05) is 185 Å². The van der Waals surface area contributed by atoms with Gasteiger partial charge in [0.2, 0.25) is 0 Å².